The third kappa shape index (κ3) is 3.14. The lowest BCUT2D eigenvalue weighted by Crippen LogP contribution is -2.02. The molecule has 0 spiro atoms. The van der Waals surface area contributed by atoms with E-state index in [0.717, 1.165) is 27.9 Å². The van der Waals surface area contributed by atoms with Crippen molar-refractivity contribution in [2.45, 2.75) is 13.5 Å². The van der Waals surface area contributed by atoms with Crippen LogP contribution in [0.3, 0.4) is 0 Å². The predicted molar refractivity (Wildman–Crippen MR) is 90.6 cm³/mol. The van der Waals surface area contributed by atoms with Crippen LogP contribution in [0, 0.1) is 11.8 Å². The molecule has 114 valence electrons. The van der Waals surface area contributed by atoms with Gasteiger partial charge in [0.2, 0.25) is 0 Å². The molecular weight excluding hydrogens is 289 g/mol. The molecule has 0 amide bonds. The van der Waals surface area contributed by atoms with Crippen LogP contribution in [0.15, 0.2) is 49.2 Å². The first-order valence-electron chi connectivity index (χ1n) is 7.34. The Labute approximate surface area is 134 Å². The van der Waals surface area contributed by atoms with Crippen LogP contribution in [0.25, 0.3) is 16.6 Å². The molecule has 0 bridgehead atoms. The first-order valence-corrected chi connectivity index (χ1v) is 7.34. The largest absolute Gasteiger partial charge is 0.315 e. The molecule has 0 aliphatic heterocycles. The molecule has 2 heterocycles. The summed E-state index contributed by atoms with van der Waals surface area (Å²) in [4.78, 5) is 8.78. The van der Waals surface area contributed by atoms with Crippen molar-refractivity contribution in [1.82, 2.24) is 14.5 Å². The molecule has 4 heteroatoms. The van der Waals surface area contributed by atoms with Crippen molar-refractivity contribution < 1.29 is 4.39 Å². The summed E-state index contributed by atoms with van der Waals surface area (Å²) in [6.07, 6.45) is 1.71. The standard InChI is InChI=1S/C19H16FN3/c1-14(2)16-9-7-15(13-21-16)8-10-19-22-17-5-3-4-6-18(17)23(19)12-11-20/h3-7,9,13H,1,11-12H2,2H3. The molecule has 0 unspecified atom stereocenters. The topological polar surface area (TPSA) is 30.7 Å². The second-order valence-electron chi connectivity index (χ2n) is 5.23. The van der Waals surface area contributed by atoms with Crippen molar-refractivity contribution in [3.8, 4) is 11.8 Å². The van der Waals surface area contributed by atoms with Gasteiger partial charge in [-0.05, 0) is 42.7 Å². The summed E-state index contributed by atoms with van der Waals surface area (Å²) in [6.45, 7) is 5.56. The number of imidazole rings is 1. The number of benzene rings is 1. The minimum atomic E-state index is -0.454. The molecule has 2 aromatic heterocycles. The van der Waals surface area contributed by atoms with Gasteiger partial charge in [-0.25, -0.2) is 9.37 Å². The Morgan fingerprint density at radius 2 is 2.04 bits per heavy atom. The van der Waals surface area contributed by atoms with Crippen LogP contribution in [0.5, 0.6) is 0 Å². The molecule has 0 atom stereocenters. The summed E-state index contributed by atoms with van der Waals surface area (Å²) < 4.78 is 14.6. The molecule has 0 aliphatic carbocycles. The number of rotatable bonds is 3. The summed E-state index contributed by atoms with van der Waals surface area (Å²) >= 11 is 0. The van der Waals surface area contributed by atoms with Gasteiger partial charge in [0.1, 0.15) is 6.67 Å². The number of hydrogen-bond acceptors (Lipinski definition) is 2. The number of halogens is 1. The summed E-state index contributed by atoms with van der Waals surface area (Å²) in [6, 6.07) is 11.4. The fraction of sp³-hybridized carbons (Fsp3) is 0.158. The third-order valence-corrected chi connectivity index (χ3v) is 3.48. The summed E-state index contributed by atoms with van der Waals surface area (Å²) in [7, 11) is 0. The molecule has 3 aromatic rings. The Morgan fingerprint density at radius 3 is 2.74 bits per heavy atom. The molecular formula is C19H16FN3. The molecule has 0 radical (unpaired) electrons. The van der Waals surface area contributed by atoms with Crippen molar-refractivity contribution in [2.75, 3.05) is 6.67 Å². The molecule has 0 saturated carbocycles. The Balaban J connectivity index is 1.98. The van der Waals surface area contributed by atoms with E-state index >= 15 is 0 Å². The highest BCUT2D eigenvalue weighted by Crippen LogP contribution is 2.15. The fourth-order valence-electron chi connectivity index (χ4n) is 2.33. The molecule has 0 N–H and O–H groups in total. The van der Waals surface area contributed by atoms with Crippen molar-refractivity contribution in [3.63, 3.8) is 0 Å². The maximum absolute atomic E-state index is 12.8. The first-order chi connectivity index (χ1) is 11.2. The van der Waals surface area contributed by atoms with Crippen molar-refractivity contribution >= 4 is 16.6 Å². The highest BCUT2D eigenvalue weighted by Gasteiger charge is 2.07. The van der Waals surface area contributed by atoms with Crippen LogP contribution in [-0.4, -0.2) is 21.2 Å². The summed E-state index contributed by atoms with van der Waals surface area (Å²) in [5.41, 5.74) is 4.26. The Hall–Kier alpha value is -2.93. The SMILES string of the molecule is C=C(C)c1ccc(C#Cc2nc3ccccc3n2CCF)cn1. The summed E-state index contributed by atoms with van der Waals surface area (Å²) in [5.74, 6) is 6.63. The lowest BCUT2D eigenvalue weighted by atomic mass is 10.2. The van der Waals surface area contributed by atoms with E-state index in [9.17, 15) is 4.39 Å². The molecule has 3 rings (SSSR count). The summed E-state index contributed by atoms with van der Waals surface area (Å²) in [5, 5.41) is 0. The minimum absolute atomic E-state index is 0.247. The number of fused-ring (bicyclic) bond motifs is 1. The number of allylic oxidation sites excluding steroid dienone is 1. The molecule has 23 heavy (non-hydrogen) atoms. The van der Waals surface area contributed by atoms with Gasteiger partial charge in [0, 0.05) is 11.8 Å². The highest BCUT2D eigenvalue weighted by molar-refractivity contribution is 5.76. The minimum Gasteiger partial charge on any atom is -0.315 e. The van der Waals surface area contributed by atoms with Crippen LogP contribution >= 0.6 is 0 Å². The van der Waals surface area contributed by atoms with E-state index < -0.39 is 6.67 Å². The maximum atomic E-state index is 12.8. The molecule has 0 fully saturated rings. The van der Waals surface area contributed by atoms with Gasteiger partial charge in [0.15, 0.2) is 5.82 Å². The van der Waals surface area contributed by atoms with Crippen LogP contribution in [0.1, 0.15) is 24.0 Å². The van der Waals surface area contributed by atoms with E-state index in [1.807, 2.05) is 43.3 Å². The van der Waals surface area contributed by atoms with E-state index in [0.29, 0.717) is 5.82 Å². The molecule has 1 aromatic carbocycles. The molecule has 0 aliphatic rings. The fourth-order valence-corrected chi connectivity index (χ4v) is 2.33. The highest BCUT2D eigenvalue weighted by atomic mass is 19.1. The van der Waals surface area contributed by atoms with Gasteiger partial charge in [-0.1, -0.05) is 24.6 Å². The number of para-hydroxylation sites is 2. The van der Waals surface area contributed by atoms with Crippen LogP contribution in [0.4, 0.5) is 4.39 Å². The average Bonchev–Trinajstić information content (AvgIpc) is 2.92. The zero-order valence-corrected chi connectivity index (χ0v) is 12.9. The van der Waals surface area contributed by atoms with Crippen LogP contribution in [0.2, 0.25) is 0 Å². The first kappa shape index (κ1) is 15.0. The van der Waals surface area contributed by atoms with Gasteiger partial charge in [-0.3, -0.25) is 4.98 Å². The van der Waals surface area contributed by atoms with Crippen LogP contribution in [-0.2, 0) is 6.54 Å². The molecule has 0 saturated heterocycles. The number of alkyl halides is 1. The van der Waals surface area contributed by atoms with Crippen molar-refractivity contribution in [3.05, 3.63) is 66.3 Å². The van der Waals surface area contributed by atoms with Gasteiger partial charge in [-0.15, -0.1) is 0 Å². The second kappa shape index (κ2) is 6.45. The zero-order chi connectivity index (χ0) is 16.2. The predicted octanol–water partition coefficient (Wildman–Crippen LogP) is 3.83. The quantitative estimate of drug-likeness (QED) is 0.688. The number of aryl methyl sites for hydroxylation is 1. The van der Waals surface area contributed by atoms with Crippen molar-refractivity contribution in [2.24, 2.45) is 0 Å². The normalized spacial score (nSPS) is 10.3. The number of nitrogens with zero attached hydrogens (tertiary/aromatic N) is 3. The van der Waals surface area contributed by atoms with E-state index in [1.165, 1.54) is 0 Å². The van der Waals surface area contributed by atoms with E-state index in [2.05, 4.69) is 28.4 Å². The number of hydrogen-bond donors (Lipinski definition) is 0. The van der Waals surface area contributed by atoms with Gasteiger partial charge in [0.05, 0.1) is 23.3 Å². The van der Waals surface area contributed by atoms with Gasteiger partial charge < -0.3 is 4.57 Å². The van der Waals surface area contributed by atoms with E-state index in [4.69, 9.17) is 0 Å². The van der Waals surface area contributed by atoms with Gasteiger partial charge >= 0.3 is 0 Å². The Bertz CT molecular complexity index is 911. The van der Waals surface area contributed by atoms with Gasteiger partial charge in [0.25, 0.3) is 0 Å². The number of pyridine rings is 1. The average molecular weight is 305 g/mol. The smallest absolute Gasteiger partial charge is 0.186 e. The van der Waals surface area contributed by atoms with Crippen molar-refractivity contribution in [1.29, 1.82) is 0 Å². The molecule has 3 nitrogen and oxygen atoms in total. The lowest BCUT2D eigenvalue weighted by molar-refractivity contribution is 0.448. The Kier molecular flexibility index (Phi) is 4.20. The maximum Gasteiger partial charge on any atom is 0.186 e. The third-order valence-electron chi connectivity index (χ3n) is 3.48. The lowest BCUT2D eigenvalue weighted by Gasteiger charge is -2.01. The monoisotopic (exact) mass is 305 g/mol. The zero-order valence-electron chi connectivity index (χ0n) is 12.9. The van der Waals surface area contributed by atoms with Gasteiger partial charge in [-0.2, -0.15) is 0 Å². The van der Waals surface area contributed by atoms with E-state index in [1.54, 1.807) is 10.8 Å². The number of aromatic nitrogens is 3. The van der Waals surface area contributed by atoms with E-state index in [-0.39, 0.29) is 6.54 Å². The second-order valence-corrected chi connectivity index (χ2v) is 5.23. The Morgan fingerprint density at radius 1 is 1.22 bits per heavy atom. The van der Waals surface area contributed by atoms with Crippen LogP contribution < -0.4 is 0 Å².